The Kier molecular flexibility index (Phi) is 2.78. The number of fused-ring (bicyclic) bond motifs is 1. The van der Waals surface area contributed by atoms with Crippen molar-refractivity contribution in [3.05, 3.63) is 17.7 Å². The molecule has 1 aliphatic heterocycles. The highest BCUT2D eigenvalue weighted by Gasteiger charge is 2.33. The summed E-state index contributed by atoms with van der Waals surface area (Å²) in [7, 11) is 1.68. The molecule has 1 aromatic heterocycles. The lowest BCUT2D eigenvalue weighted by molar-refractivity contribution is -0.142. The van der Waals surface area contributed by atoms with Crippen LogP contribution in [0.2, 0.25) is 0 Å². The zero-order valence-corrected chi connectivity index (χ0v) is 9.54. The number of aromatic amines is 1. The minimum Gasteiger partial charge on any atom is -0.480 e. The molecule has 1 atom stereocenters. The first-order valence-corrected chi connectivity index (χ1v) is 5.26. The van der Waals surface area contributed by atoms with Gasteiger partial charge in [0.1, 0.15) is 6.04 Å². The molecule has 86 valence electrons. The van der Waals surface area contributed by atoms with Crippen LogP contribution in [0.15, 0.2) is 6.33 Å². The molecule has 7 heteroatoms. The predicted molar refractivity (Wildman–Crippen MR) is 60.9 cm³/mol. The number of carboxylic acids is 1. The van der Waals surface area contributed by atoms with Crippen LogP contribution in [0.5, 0.6) is 0 Å². The Morgan fingerprint density at radius 2 is 2.56 bits per heavy atom. The van der Waals surface area contributed by atoms with Gasteiger partial charge in [-0.25, -0.2) is 9.78 Å². The molecule has 2 heterocycles. The summed E-state index contributed by atoms with van der Waals surface area (Å²) in [4.78, 5) is 19.9. The molecular weight excluding hydrogens is 228 g/mol. The van der Waals surface area contributed by atoms with Gasteiger partial charge < -0.3 is 20.3 Å². The number of carbonyl (C=O) groups is 1. The van der Waals surface area contributed by atoms with Crippen molar-refractivity contribution in [1.82, 2.24) is 20.2 Å². The maximum absolute atomic E-state index is 11.1. The molecule has 2 rings (SSSR count). The molecule has 16 heavy (non-hydrogen) atoms. The van der Waals surface area contributed by atoms with Gasteiger partial charge in [0.2, 0.25) is 0 Å². The number of nitrogens with zero attached hydrogens (tertiary/aromatic N) is 2. The lowest BCUT2D eigenvalue weighted by Crippen LogP contribution is -2.51. The molecule has 1 unspecified atom stereocenters. The van der Waals surface area contributed by atoms with Gasteiger partial charge in [-0.05, 0) is 12.2 Å². The van der Waals surface area contributed by atoms with Gasteiger partial charge in [-0.15, -0.1) is 0 Å². The average molecular weight is 240 g/mol. The van der Waals surface area contributed by atoms with Gasteiger partial charge in [0.15, 0.2) is 5.11 Å². The molecule has 3 N–H and O–H groups in total. The minimum atomic E-state index is -0.883. The Labute approximate surface area is 97.7 Å². The summed E-state index contributed by atoms with van der Waals surface area (Å²) < 4.78 is 0. The van der Waals surface area contributed by atoms with Crippen LogP contribution in [0.25, 0.3) is 0 Å². The fraction of sp³-hybridized carbons (Fsp3) is 0.444. The summed E-state index contributed by atoms with van der Waals surface area (Å²) in [6.45, 7) is 0.450. The number of hydrogen-bond acceptors (Lipinski definition) is 3. The van der Waals surface area contributed by atoms with Crippen molar-refractivity contribution in [3.63, 3.8) is 0 Å². The molecule has 0 bridgehead atoms. The molecule has 0 amide bonds. The number of H-pyrrole nitrogens is 1. The van der Waals surface area contributed by atoms with Crippen LogP contribution in [0.4, 0.5) is 0 Å². The maximum Gasteiger partial charge on any atom is 0.326 e. The van der Waals surface area contributed by atoms with Gasteiger partial charge in [0.25, 0.3) is 0 Å². The predicted octanol–water partition coefficient (Wildman–Crippen LogP) is -0.275. The first-order valence-electron chi connectivity index (χ1n) is 4.85. The van der Waals surface area contributed by atoms with Gasteiger partial charge in [-0.2, -0.15) is 0 Å². The quantitative estimate of drug-likeness (QED) is 0.586. The summed E-state index contributed by atoms with van der Waals surface area (Å²) in [5.74, 6) is -0.883. The van der Waals surface area contributed by atoms with Crippen molar-refractivity contribution < 1.29 is 9.90 Å². The van der Waals surface area contributed by atoms with Gasteiger partial charge in [0, 0.05) is 13.5 Å². The third kappa shape index (κ3) is 1.73. The largest absolute Gasteiger partial charge is 0.480 e. The molecule has 0 saturated heterocycles. The van der Waals surface area contributed by atoms with Gasteiger partial charge in [-0.1, -0.05) is 0 Å². The molecule has 6 nitrogen and oxygen atoms in total. The number of aliphatic carboxylic acids is 1. The molecular formula is C9H12N4O2S. The first-order chi connectivity index (χ1) is 7.63. The van der Waals surface area contributed by atoms with Crippen LogP contribution in [-0.4, -0.2) is 44.1 Å². The van der Waals surface area contributed by atoms with E-state index >= 15 is 0 Å². The third-order valence-corrected chi connectivity index (χ3v) is 3.10. The zero-order chi connectivity index (χ0) is 11.7. The summed E-state index contributed by atoms with van der Waals surface area (Å²) in [6, 6.07) is -0.643. The fourth-order valence-electron chi connectivity index (χ4n) is 1.81. The maximum atomic E-state index is 11.1. The summed E-state index contributed by atoms with van der Waals surface area (Å²) in [6.07, 6.45) is 1.95. The van der Waals surface area contributed by atoms with E-state index in [-0.39, 0.29) is 0 Å². The zero-order valence-electron chi connectivity index (χ0n) is 8.73. The van der Waals surface area contributed by atoms with Crippen molar-refractivity contribution in [1.29, 1.82) is 0 Å². The monoisotopic (exact) mass is 240 g/mol. The number of carboxylic acid groups (broad SMARTS) is 1. The SMILES string of the molecule is CNC(=S)N1Cc2[nH]cnc2CC1C(=O)O. The molecule has 0 aliphatic carbocycles. The van der Waals surface area contributed by atoms with Gasteiger partial charge in [-0.3, -0.25) is 0 Å². The Bertz CT molecular complexity index is 431. The van der Waals surface area contributed by atoms with Crippen LogP contribution >= 0.6 is 12.2 Å². The third-order valence-electron chi connectivity index (χ3n) is 2.66. The Balaban J connectivity index is 2.30. The number of thiocarbonyl (C=S) groups is 1. The van der Waals surface area contributed by atoms with E-state index in [1.165, 1.54) is 0 Å². The number of aromatic nitrogens is 2. The first kappa shape index (κ1) is 10.9. The van der Waals surface area contributed by atoms with Crippen molar-refractivity contribution in [2.24, 2.45) is 0 Å². The molecule has 1 aromatic rings. The molecule has 0 aromatic carbocycles. The number of hydrogen-bond donors (Lipinski definition) is 3. The van der Waals surface area contributed by atoms with E-state index in [2.05, 4.69) is 15.3 Å². The van der Waals surface area contributed by atoms with E-state index in [1.54, 1.807) is 18.3 Å². The van der Waals surface area contributed by atoms with Gasteiger partial charge in [0.05, 0.1) is 24.3 Å². The van der Waals surface area contributed by atoms with E-state index in [0.717, 1.165) is 11.4 Å². The summed E-state index contributed by atoms with van der Waals surface area (Å²) in [5.41, 5.74) is 1.73. The topological polar surface area (TPSA) is 81.2 Å². The van der Waals surface area contributed by atoms with Crippen molar-refractivity contribution in [2.45, 2.75) is 19.0 Å². The van der Waals surface area contributed by atoms with Crippen LogP contribution in [0.3, 0.4) is 0 Å². The smallest absolute Gasteiger partial charge is 0.326 e. The number of rotatable bonds is 1. The van der Waals surface area contributed by atoms with E-state index in [0.29, 0.717) is 18.1 Å². The van der Waals surface area contributed by atoms with Crippen molar-refractivity contribution in [3.8, 4) is 0 Å². The second-order valence-electron chi connectivity index (χ2n) is 3.57. The van der Waals surface area contributed by atoms with Crippen molar-refractivity contribution >= 4 is 23.3 Å². The Morgan fingerprint density at radius 3 is 3.19 bits per heavy atom. The second kappa shape index (κ2) is 4.09. The van der Waals surface area contributed by atoms with Crippen LogP contribution < -0.4 is 5.32 Å². The fourth-order valence-corrected chi connectivity index (χ4v) is 2.01. The highest BCUT2D eigenvalue weighted by molar-refractivity contribution is 7.80. The summed E-state index contributed by atoms with van der Waals surface area (Å²) >= 11 is 5.09. The molecule has 0 radical (unpaired) electrons. The van der Waals surface area contributed by atoms with Crippen molar-refractivity contribution in [2.75, 3.05) is 7.05 Å². The molecule has 0 fully saturated rings. The van der Waals surface area contributed by atoms with E-state index < -0.39 is 12.0 Å². The lowest BCUT2D eigenvalue weighted by atomic mass is 10.0. The molecule has 1 aliphatic rings. The minimum absolute atomic E-state index is 0.371. The van der Waals surface area contributed by atoms with Crippen LogP contribution in [0, 0.1) is 0 Å². The number of nitrogens with one attached hydrogen (secondary N) is 2. The van der Waals surface area contributed by atoms with E-state index in [9.17, 15) is 4.79 Å². The Morgan fingerprint density at radius 1 is 1.81 bits per heavy atom. The van der Waals surface area contributed by atoms with Gasteiger partial charge >= 0.3 is 5.97 Å². The van der Waals surface area contributed by atoms with Crippen LogP contribution in [-0.2, 0) is 17.8 Å². The highest BCUT2D eigenvalue weighted by atomic mass is 32.1. The standard InChI is InChI=1S/C9H12N4O2S/c1-10-9(16)13-3-6-5(11-4-12-6)2-7(13)8(14)15/h4,7H,2-3H2,1H3,(H,10,16)(H,11,12)(H,14,15). The Hall–Kier alpha value is -1.63. The van der Waals surface area contributed by atoms with E-state index in [1.807, 2.05) is 0 Å². The summed E-state index contributed by atoms with van der Waals surface area (Å²) in [5, 5.41) is 12.4. The molecule has 0 spiro atoms. The number of imidazole rings is 1. The van der Waals surface area contributed by atoms with Crippen LogP contribution in [0.1, 0.15) is 11.4 Å². The lowest BCUT2D eigenvalue weighted by Gasteiger charge is -2.33. The average Bonchev–Trinajstić information content (AvgIpc) is 2.73. The normalized spacial score (nSPS) is 19.1. The molecule has 0 saturated carbocycles. The van der Waals surface area contributed by atoms with E-state index in [4.69, 9.17) is 17.3 Å². The second-order valence-corrected chi connectivity index (χ2v) is 3.96. The highest BCUT2D eigenvalue weighted by Crippen LogP contribution is 2.20.